The summed E-state index contributed by atoms with van der Waals surface area (Å²) in [5.74, 6) is 1.90. The summed E-state index contributed by atoms with van der Waals surface area (Å²) < 4.78 is 28.4. The van der Waals surface area contributed by atoms with Gasteiger partial charge in [0.25, 0.3) is 0 Å². The molecule has 7 heteroatoms. The van der Waals surface area contributed by atoms with Crippen molar-refractivity contribution < 1.29 is 33.0 Å². The van der Waals surface area contributed by atoms with Crippen LogP contribution in [0.4, 0.5) is 0 Å². The van der Waals surface area contributed by atoms with Crippen LogP contribution in [0.3, 0.4) is 0 Å². The van der Waals surface area contributed by atoms with E-state index in [0.29, 0.717) is 47.2 Å². The molecule has 0 saturated heterocycles. The Morgan fingerprint density at radius 2 is 1.79 bits per heavy atom. The molecule has 0 fully saturated rings. The summed E-state index contributed by atoms with van der Waals surface area (Å²) in [6, 6.07) is 22.3. The van der Waals surface area contributed by atoms with Crippen LogP contribution in [0.5, 0.6) is 23.0 Å². The van der Waals surface area contributed by atoms with Crippen molar-refractivity contribution in [2.45, 2.75) is 18.8 Å². The van der Waals surface area contributed by atoms with E-state index < -0.39 is 5.92 Å². The van der Waals surface area contributed by atoms with Crippen LogP contribution in [-0.2, 0) is 11.2 Å². The number of esters is 1. The predicted molar refractivity (Wildman–Crippen MR) is 139 cm³/mol. The van der Waals surface area contributed by atoms with E-state index in [1.165, 1.54) is 6.26 Å². The maximum Gasteiger partial charge on any atom is 0.312 e. The van der Waals surface area contributed by atoms with Crippen molar-refractivity contribution in [3.8, 4) is 23.0 Å². The Morgan fingerprint density at radius 3 is 2.58 bits per heavy atom. The van der Waals surface area contributed by atoms with Crippen molar-refractivity contribution in [1.82, 2.24) is 0 Å². The van der Waals surface area contributed by atoms with Crippen molar-refractivity contribution in [2.24, 2.45) is 0 Å². The normalized spacial score (nSPS) is 17.0. The Morgan fingerprint density at radius 1 is 0.947 bits per heavy atom. The van der Waals surface area contributed by atoms with E-state index in [-0.39, 0.29) is 23.9 Å². The highest BCUT2D eigenvalue weighted by Gasteiger charge is 2.39. The number of para-hydroxylation sites is 1. The van der Waals surface area contributed by atoms with Crippen molar-refractivity contribution in [1.29, 1.82) is 0 Å². The molecule has 2 aliphatic heterocycles. The number of rotatable bonds is 7. The van der Waals surface area contributed by atoms with Crippen LogP contribution in [0.1, 0.15) is 45.1 Å². The number of carbonyl (C=O) groups is 2. The number of benzene rings is 3. The Hall–Kier alpha value is -4.78. The van der Waals surface area contributed by atoms with Crippen LogP contribution < -0.4 is 18.9 Å². The minimum absolute atomic E-state index is 0.0943. The SMILES string of the molecule is COc1ccc(CCOc2ccccc2C2CC(=O)Oc3ccc4c(c32)OC(=Cc2ccco2)C4=O)cc1. The Balaban J connectivity index is 1.31. The lowest BCUT2D eigenvalue weighted by Crippen LogP contribution is -2.22. The van der Waals surface area contributed by atoms with Gasteiger partial charge in [0, 0.05) is 29.5 Å². The van der Waals surface area contributed by atoms with Crippen LogP contribution >= 0.6 is 0 Å². The summed E-state index contributed by atoms with van der Waals surface area (Å²) in [5.41, 5.74) is 3.02. The smallest absolute Gasteiger partial charge is 0.312 e. The maximum absolute atomic E-state index is 13.1. The molecule has 0 aliphatic carbocycles. The van der Waals surface area contributed by atoms with E-state index in [1.807, 2.05) is 48.5 Å². The first-order valence-electron chi connectivity index (χ1n) is 12.3. The number of fused-ring (bicyclic) bond motifs is 3. The number of carbonyl (C=O) groups excluding carboxylic acids is 2. The highest BCUT2D eigenvalue weighted by molar-refractivity contribution is 6.15. The van der Waals surface area contributed by atoms with Gasteiger partial charge < -0.3 is 23.4 Å². The molecule has 6 rings (SSSR count). The zero-order valence-corrected chi connectivity index (χ0v) is 20.6. The van der Waals surface area contributed by atoms with Crippen LogP contribution in [0.15, 0.2) is 89.2 Å². The van der Waals surface area contributed by atoms with Gasteiger partial charge in [-0.2, -0.15) is 0 Å². The molecule has 3 aromatic carbocycles. The van der Waals surface area contributed by atoms with Crippen LogP contribution in [0.25, 0.3) is 6.08 Å². The standard InChI is InChI=1S/C31H24O7/c1-34-20-10-8-19(9-11-20)14-16-36-25-7-3-2-6-22(25)24-18-28(32)37-26-13-12-23-30(33)27(38-31(23)29(24)26)17-21-5-4-15-35-21/h2-13,15,17,24H,14,16,18H2,1H3. The molecule has 0 N–H and O–H groups in total. The second-order valence-electron chi connectivity index (χ2n) is 9.02. The summed E-state index contributed by atoms with van der Waals surface area (Å²) in [6.45, 7) is 0.450. The molecule has 0 amide bonds. The molecule has 190 valence electrons. The molecule has 3 heterocycles. The molecule has 0 spiro atoms. The topological polar surface area (TPSA) is 84.2 Å². The molecule has 1 aromatic heterocycles. The van der Waals surface area contributed by atoms with Crippen LogP contribution in [-0.4, -0.2) is 25.5 Å². The monoisotopic (exact) mass is 508 g/mol. The number of hydrogen-bond donors (Lipinski definition) is 0. The van der Waals surface area contributed by atoms with E-state index >= 15 is 0 Å². The van der Waals surface area contributed by atoms with Crippen molar-refractivity contribution in [3.05, 3.63) is 113 Å². The third-order valence-corrected chi connectivity index (χ3v) is 6.70. The molecule has 1 atom stereocenters. The molecule has 4 aromatic rings. The lowest BCUT2D eigenvalue weighted by Gasteiger charge is -2.27. The Kier molecular flexibility index (Phi) is 6.17. The zero-order valence-electron chi connectivity index (χ0n) is 20.6. The minimum atomic E-state index is -0.408. The maximum atomic E-state index is 13.1. The summed E-state index contributed by atoms with van der Waals surface area (Å²) in [7, 11) is 1.64. The van der Waals surface area contributed by atoms with Crippen molar-refractivity contribution in [2.75, 3.05) is 13.7 Å². The van der Waals surface area contributed by atoms with E-state index in [4.69, 9.17) is 23.4 Å². The fourth-order valence-electron chi connectivity index (χ4n) is 4.85. The molecular formula is C31H24O7. The van der Waals surface area contributed by atoms with Gasteiger partial charge >= 0.3 is 5.97 Å². The number of ether oxygens (including phenoxy) is 4. The van der Waals surface area contributed by atoms with Gasteiger partial charge in [-0.3, -0.25) is 9.59 Å². The zero-order chi connectivity index (χ0) is 26.1. The average molecular weight is 509 g/mol. The van der Waals surface area contributed by atoms with Gasteiger partial charge in [-0.15, -0.1) is 0 Å². The number of furan rings is 1. The fraction of sp³-hybridized carbons (Fsp3) is 0.161. The molecule has 1 unspecified atom stereocenters. The van der Waals surface area contributed by atoms with Crippen LogP contribution in [0.2, 0.25) is 0 Å². The Labute approximate surface area is 219 Å². The molecule has 0 saturated carbocycles. The van der Waals surface area contributed by atoms with E-state index in [9.17, 15) is 9.59 Å². The van der Waals surface area contributed by atoms with Gasteiger partial charge in [0.05, 0.1) is 32.0 Å². The largest absolute Gasteiger partial charge is 0.497 e. The van der Waals surface area contributed by atoms with E-state index in [1.54, 1.807) is 37.5 Å². The summed E-state index contributed by atoms with van der Waals surface area (Å²) in [6.07, 6.45) is 3.89. The quantitative estimate of drug-likeness (QED) is 0.173. The molecule has 7 nitrogen and oxygen atoms in total. The second kappa shape index (κ2) is 9.94. The molecular weight excluding hydrogens is 484 g/mol. The van der Waals surface area contributed by atoms with E-state index in [0.717, 1.165) is 16.9 Å². The lowest BCUT2D eigenvalue weighted by molar-refractivity contribution is -0.135. The highest BCUT2D eigenvalue weighted by Crippen LogP contribution is 2.50. The van der Waals surface area contributed by atoms with E-state index in [2.05, 4.69) is 0 Å². The molecule has 0 bridgehead atoms. The van der Waals surface area contributed by atoms with Crippen molar-refractivity contribution >= 4 is 17.8 Å². The lowest BCUT2D eigenvalue weighted by atomic mass is 9.84. The molecule has 0 radical (unpaired) electrons. The second-order valence-corrected chi connectivity index (χ2v) is 9.02. The number of ketones is 1. The van der Waals surface area contributed by atoms with Gasteiger partial charge in [0.2, 0.25) is 5.78 Å². The first-order valence-corrected chi connectivity index (χ1v) is 12.3. The first kappa shape index (κ1) is 23.6. The molecule has 38 heavy (non-hydrogen) atoms. The third-order valence-electron chi connectivity index (χ3n) is 6.70. The highest BCUT2D eigenvalue weighted by atomic mass is 16.5. The number of hydrogen-bond acceptors (Lipinski definition) is 7. The predicted octanol–water partition coefficient (Wildman–Crippen LogP) is 5.97. The summed E-state index contributed by atoms with van der Waals surface area (Å²) in [5, 5.41) is 0. The molecule has 2 aliphatic rings. The third kappa shape index (κ3) is 4.43. The Bertz CT molecular complexity index is 1530. The fourth-order valence-corrected chi connectivity index (χ4v) is 4.85. The summed E-state index contributed by atoms with van der Waals surface area (Å²) in [4.78, 5) is 25.7. The van der Waals surface area contributed by atoms with Gasteiger partial charge in [-0.25, -0.2) is 0 Å². The summed E-state index contributed by atoms with van der Waals surface area (Å²) >= 11 is 0. The van der Waals surface area contributed by atoms with Gasteiger partial charge in [0.15, 0.2) is 5.76 Å². The number of Topliss-reactive ketones (excluding diaryl/α,β-unsaturated/α-hetero) is 1. The average Bonchev–Trinajstić information content (AvgIpc) is 3.56. The van der Waals surface area contributed by atoms with Crippen LogP contribution in [0, 0.1) is 0 Å². The number of allylic oxidation sites excluding steroid dienone is 1. The van der Waals surface area contributed by atoms with Crippen molar-refractivity contribution in [3.63, 3.8) is 0 Å². The minimum Gasteiger partial charge on any atom is -0.497 e. The van der Waals surface area contributed by atoms with Gasteiger partial charge in [-0.1, -0.05) is 30.3 Å². The first-order chi connectivity index (χ1) is 18.6. The van der Waals surface area contributed by atoms with Gasteiger partial charge in [0.1, 0.15) is 28.8 Å². The number of methoxy groups -OCH3 is 1. The van der Waals surface area contributed by atoms with Gasteiger partial charge in [-0.05, 0) is 48.0 Å².